The van der Waals surface area contributed by atoms with E-state index in [2.05, 4.69) is 34.4 Å². The first-order valence-corrected chi connectivity index (χ1v) is 9.20. The number of amides is 2. The molecule has 24 heavy (non-hydrogen) atoms. The van der Waals surface area contributed by atoms with E-state index in [9.17, 15) is 4.79 Å². The number of carbonyl (C=O) groups excluding carboxylic acids is 1. The molecule has 6 nitrogen and oxygen atoms in total. The van der Waals surface area contributed by atoms with Crippen LogP contribution in [0.4, 0.5) is 10.5 Å². The number of piperidine rings is 1. The van der Waals surface area contributed by atoms with Gasteiger partial charge >= 0.3 is 6.03 Å². The molecule has 0 spiro atoms. The highest BCUT2D eigenvalue weighted by Gasteiger charge is 2.30. The molecule has 1 saturated heterocycles. The molecule has 2 amide bonds. The molecule has 1 unspecified atom stereocenters. The zero-order valence-corrected chi connectivity index (χ0v) is 14.4. The predicted octanol–water partition coefficient (Wildman–Crippen LogP) is 2.72. The lowest BCUT2D eigenvalue weighted by atomic mass is 10.0. The first kappa shape index (κ1) is 15.7. The normalized spacial score (nSPS) is 23.6. The van der Waals surface area contributed by atoms with Gasteiger partial charge in [0, 0.05) is 38.4 Å². The van der Waals surface area contributed by atoms with Crippen molar-refractivity contribution in [3.63, 3.8) is 0 Å². The number of urea groups is 1. The Bertz CT molecular complexity index is 605. The van der Waals surface area contributed by atoms with Crippen LogP contribution in [0.3, 0.4) is 0 Å². The van der Waals surface area contributed by atoms with Crippen LogP contribution in [0.5, 0.6) is 0 Å². The molecule has 2 aliphatic heterocycles. The Morgan fingerprint density at radius 2 is 1.92 bits per heavy atom. The molecule has 4 rings (SSSR count). The van der Waals surface area contributed by atoms with Gasteiger partial charge in [-0.25, -0.2) is 4.79 Å². The standard InChI is InChI=1S/C18H27N5O/c1-14(15-4-5-15)23-13-16(12-19-23)20-18(24)22-10-6-17(7-11-22)21-8-2-3-9-21/h2-3,12-15,17H,4-11H2,1H3,(H,20,24). The van der Waals surface area contributed by atoms with Gasteiger partial charge in [0.1, 0.15) is 0 Å². The van der Waals surface area contributed by atoms with E-state index >= 15 is 0 Å². The van der Waals surface area contributed by atoms with Gasteiger partial charge < -0.3 is 10.2 Å². The van der Waals surface area contributed by atoms with Crippen molar-refractivity contribution in [2.24, 2.45) is 5.92 Å². The molecule has 1 aromatic rings. The predicted molar refractivity (Wildman–Crippen MR) is 94.0 cm³/mol. The topological polar surface area (TPSA) is 53.4 Å². The Kier molecular flexibility index (Phi) is 4.31. The van der Waals surface area contributed by atoms with E-state index in [0.717, 1.165) is 50.6 Å². The Morgan fingerprint density at radius 3 is 2.58 bits per heavy atom. The second-order valence-corrected chi connectivity index (χ2v) is 7.36. The quantitative estimate of drug-likeness (QED) is 0.864. The number of anilines is 1. The molecule has 1 atom stereocenters. The lowest BCUT2D eigenvalue weighted by Crippen LogP contribution is -2.47. The maximum Gasteiger partial charge on any atom is 0.321 e. The van der Waals surface area contributed by atoms with Crippen LogP contribution in [0, 0.1) is 5.92 Å². The minimum atomic E-state index is 0.00613. The van der Waals surface area contributed by atoms with Crippen molar-refractivity contribution in [1.82, 2.24) is 19.6 Å². The Hall–Kier alpha value is -1.82. The minimum absolute atomic E-state index is 0.00613. The highest BCUT2D eigenvalue weighted by molar-refractivity contribution is 5.89. The first-order chi connectivity index (χ1) is 11.7. The van der Waals surface area contributed by atoms with E-state index < -0.39 is 0 Å². The van der Waals surface area contributed by atoms with Crippen molar-refractivity contribution in [1.29, 1.82) is 0 Å². The maximum absolute atomic E-state index is 12.5. The summed E-state index contributed by atoms with van der Waals surface area (Å²) in [5, 5.41) is 7.42. The summed E-state index contributed by atoms with van der Waals surface area (Å²) in [6, 6.07) is 1.05. The average Bonchev–Trinajstić information content (AvgIpc) is 3.10. The highest BCUT2D eigenvalue weighted by Crippen LogP contribution is 2.39. The zero-order chi connectivity index (χ0) is 16.5. The van der Waals surface area contributed by atoms with Gasteiger partial charge in [-0.2, -0.15) is 5.10 Å². The largest absolute Gasteiger partial charge is 0.324 e. The molecule has 3 aliphatic rings. The number of carbonyl (C=O) groups is 1. The molecule has 1 saturated carbocycles. The van der Waals surface area contributed by atoms with E-state index in [1.807, 2.05) is 15.8 Å². The Morgan fingerprint density at radius 1 is 1.21 bits per heavy atom. The summed E-state index contributed by atoms with van der Waals surface area (Å²) in [6.45, 7) is 6.00. The van der Waals surface area contributed by atoms with Crippen molar-refractivity contribution in [3.8, 4) is 0 Å². The summed E-state index contributed by atoms with van der Waals surface area (Å²) < 4.78 is 1.99. The van der Waals surface area contributed by atoms with Gasteiger partial charge in [-0.3, -0.25) is 9.58 Å². The molecular weight excluding hydrogens is 302 g/mol. The third-order valence-corrected chi connectivity index (χ3v) is 5.69. The van der Waals surface area contributed by atoms with Gasteiger partial charge in [-0.05, 0) is 38.5 Å². The van der Waals surface area contributed by atoms with E-state index in [-0.39, 0.29) is 6.03 Å². The Balaban J connectivity index is 1.27. The second-order valence-electron chi connectivity index (χ2n) is 7.36. The van der Waals surface area contributed by atoms with E-state index in [1.165, 1.54) is 12.8 Å². The van der Waals surface area contributed by atoms with Crippen LogP contribution in [0.1, 0.15) is 38.6 Å². The van der Waals surface area contributed by atoms with Crippen LogP contribution in [-0.2, 0) is 0 Å². The fraction of sp³-hybridized carbons (Fsp3) is 0.667. The number of nitrogens with zero attached hydrogens (tertiary/aromatic N) is 4. The summed E-state index contributed by atoms with van der Waals surface area (Å²) in [7, 11) is 0. The molecular formula is C18H27N5O. The van der Waals surface area contributed by atoms with Crippen molar-refractivity contribution >= 4 is 11.7 Å². The summed E-state index contributed by atoms with van der Waals surface area (Å²) in [5.74, 6) is 0.757. The summed E-state index contributed by atoms with van der Waals surface area (Å²) in [4.78, 5) is 16.9. The average molecular weight is 329 g/mol. The van der Waals surface area contributed by atoms with Gasteiger partial charge in [0.2, 0.25) is 0 Å². The first-order valence-electron chi connectivity index (χ1n) is 9.20. The van der Waals surface area contributed by atoms with E-state index in [4.69, 9.17) is 0 Å². The number of aromatic nitrogens is 2. The zero-order valence-electron chi connectivity index (χ0n) is 14.4. The number of likely N-dealkylation sites (tertiary alicyclic amines) is 1. The number of nitrogens with one attached hydrogen (secondary N) is 1. The van der Waals surface area contributed by atoms with Crippen molar-refractivity contribution in [2.45, 2.75) is 44.7 Å². The molecule has 1 aromatic heterocycles. The summed E-state index contributed by atoms with van der Waals surface area (Å²) in [5.41, 5.74) is 0.804. The highest BCUT2D eigenvalue weighted by atomic mass is 16.2. The lowest BCUT2D eigenvalue weighted by Gasteiger charge is -2.36. The van der Waals surface area contributed by atoms with Crippen LogP contribution in [0.15, 0.2) is 24.5 Å². The van der Waals surface area contributed by atoms with Crippen LogP contribution >= 0.6 is 0 Å². The molecule has 0 bridgehead atoms. The molecule has 0 aromatic carbocycles. The third kappa shape index (κ3) is 3.34. The SMILES string of the molecule is CC(C1CC1)n1cc(NC(=O)N2CCC(N3CC=CC3)CC2)cn1. The number of hydrogen-bond donors (Lipinski definition) is 1. The minimum Gasteiger partial charge on any atom is -0.324 e. The fourth-order valence-corrected chi connectivity index (χ4v) is 3.85. The number of hydrogen-bond acceptors (Lipinski definition) is 3. The van der Waals surface area contributed by atoms with Crippen LogP contribution in [0.25, 0.3) is 0 Å². The van der Waals surface area contributed by atoms with Crippen molar-refractivity contribution in [3.05, 3.63) is 24.5 Å². The third-order valence-electron chi connectivity index (χ3n) is 5.69. The second kappa shape index (κ2) is 6.59. The molecule has 1 aliphatic carbocycles. The van der Waals surface area contributed by atoms with Gasteiger partial charge in [0.15, 0.2) is 0 Å². The van der Waals surface area contributed by atoms with Crippen LogP contribution < -0.4 is 5.32 Å². The monoisotopic (exact) mass is 329 g/mol. The summed E-state index contributed by atoms with van der Waals surface area (Å²) >= 11 is 0. The molecule has 1 N–H and O–H groups in total. The molecule has 0 radical (unpaired) electrons. The van der Waals surface area contributed by atoms with Crippen LogP contribution in [0.2, 0.25) is 0 Å². The van der Waals surface area contributed by atoms with Crippen molar-refractivity contribution < 1.29 is 4.79 Å². The van der Waals surface area contributed by atoms with Crippen molar-refractivity contribution in [2.75, 3.05) is 31.5 Å². The van der Waals surface area contributed by atoms with Gasteiger partial charge in [-0.1, -0.05) is 12.2 Å². The Labute approximate surface area is 143 Å². The van der Waals surface area contributed by atoms with Gasteiger partial charge in [0.25, 0.3) is 0 Å². The number of rotatable bonds is 4. The maximum atomic E-state index is 12.5. The molecule has 2 fully saturated rings. The molecule has 130 valence electrons. The fourth-order valence-electron chi connectivity index (χ4n) is 3.85. The molecule has 3 heterocycles. The van der Waals surface area contributed by atoms with Gasteiger partial charge in [-0.15, -0.1) is 0 Å². The van der Waals surface area contributed by atoms with E-state index in [1.54, 1.807) is 6.20 Å². The van der Waals surface area contributed by atoms with Gasteiger partial charge in [0.05, 0.1) is 17.9 Å². The smallest absolute Gasteiger partial charge is 0.321 e. The lowest BCUT2D eigenvalue weighted by molar-refractivity contribution is 0.144. The van der Waals surface area contributed by atoms with Crippen LogP contribution in [-0.4, -0.2) is 57.8 Å². The van der Waals surface area contributed by atoms with E-state index in [0.29, 0.717) is 12.1 Å². The summed E-state index contributed by atoms with van der Waals surface area (Å²) in [6.07, 6.45) is 12.9. The molecule has 6 heteroatoms.